The van der Waals surface area contributed by atoms with Gasteiger partial charge in [0.05, 0.1) is 0 Å². The third kappa shape index (κ3) is 4.19. The summed E-state index contributed by atoms with van der Waals surface area (Å²) in [6, 6.07) is 4.22. The summed E-state index contributed by atoms with van der Waals surface area (Å²) in [5.41, 5.74) is 1.30. The Morgan fingerprint density at radius 1 is 1.44 bits per heavy atom. The molecule has 0 saturated heterocycles. The van der Waals surface area contributed by atoms with Gasteiger partial charge in [0.15, 0.2) is 0 Å². The first kappa shape index (κ1) is 13.0. The highest BCUT2D eigenvalue weighted by molar-refractivity contribution is 5.39. The van der Waals surface area contributed by atoms with E-state index in [-0.39, 0.29) is 0 Å². The number of hydrogen-bond acceptors (Lipinski definition) is 3. The second-order valence-electron chi connectivity index (χ2n) is 4.56. The Hall–Kier alpha value is -1.09. The van der Waals surface area contributed by atoms with Crippen LogP contribution in [0.4, 0.5) is 5.82 Å². The van der Waals surface area contributed by atoms with Gasteiger partial charge in [-0.2, -0.15) is 0 Å². The third-order valence-electron chi connectivity index (χ3n) is 2.56. The van der Waals surface area contributed by atoms with Crippen LogP contribution in [0.3, 0.4) is 0 Å². The first-order valence-corrected chi connectivity index (χ1v) is 6.00. The molecular weight excluding hydrogens is 198 g/mol. The molecule has 0 unspecified atom stereocenters. The summed E-state index contributed by atoms with van der Waals surface area (Å²) in [7, 11) is 2.06. The van der Waals surface area contributed by atoms with Crippen molar-refractivity contribution in [3.63, 3.8) is 0 Å². The summed E-state index contributed by atoms with van der Waals surface area (Å²) in [5, 5.41) is 3.44. The van der Waals surface area contributed by atoms with Crippen LogP contribution in [-0.2, 0) is 6.54 Å². The number of anilines is 1. The predicted molar refractivity (Wildman–Crippen MR) is 69.7 cm³/mol. The zero-order chi connectivity index (χ0) is 12.0. The lowest BCUT2D eigenvalue weighted by Gasteiger charge is -2.16. The lowest BCUT2D eigenvalue weighted by Crippen LogP contribution is -2.20. The minimum Gasteiger partial charge on any atom is -0.360 e. The van der Waals surface area contributed by atoms with Gasteiger partial charge in [-0.05, 0) is 37.1 Å². The Kier molecular flexibility index (Phi) is 5.26. The Bertz CT molecular complexity index is 310. The number of pyridine rings is 1. The molecule has 0 saturated carbocycles. The molecule has 1 heterocycles. The standard InChI is InChI=1S/C13H23N3/c1-5-16(4)13-8-12(6-7-15-13)10-14-9-11(2)3/h6-8,11,14H,5,9-10H2,1-4H3. The van der Waals surface area contributed by atoms with Crippen molar-refractivity contribution in [3.8, 4) is 0 Å². The van der Waals surface area contributed by atoms with E-state index < -0.39 is 0 Å². The molecule has 0 atom stereocenters. The minimum atomic E-state index is 0.694. The molecular formula is C13H23N3. The summed E-state index contributed by atoms with van der Waals surface area (Å²) < 4.78 is 0. The monoisotopic (exact) mass is 221 g/mol. The highest BCUT2D eigenvalue weighted by atomic mass is 15.1. The molecule has 0 aromatic carbocycles. The molecule has 0 fully saturated rings. The SMILES string of the molecule is CCN(C)c1cc(CNCC(C)C)ccn1. The molecule has 1 N–H and O–H groups in total. The topological polar surface area (TPSA) is 28.2 Å². The van der Waals surface area contributed by atoms with Crippen LogP contribution in [0, 0.1) is 5.92 Å². The minimum absolute atomic E-state index is 0.694. The van der Waals surface area contributed by atoms with Crippen LogP contribution >= 0.6 is 0 Å². The molecule has 0 amide bonds. The van der Waals surface area contributed by atoms with Gasteiger partial charge in [-0.25, -0.2) is 4.98 Å². The van der Waals surface area contributed by atoms with Gasteiger partial charge in [-0.3, -0.25) is 0 Å². The second kappa shape index (κ2) is 6.48. The third-order valence-corrected chi connectivity index (χ3v) is 2.56. The van der Waals surface area contributed by atoms with Crippen LogP contribution in [-0.4, -0.2) is 25.1 Å². The molecule has 1 aromatic rings. The van der Waals surface area contributed by atoms with Crippen LogP contribution in [0.15, 0.2) is 18.3 Å². The zero-order valence-corrected chi connectivity index (χ0v) is 10.8. The van der Waals surface area contributed by atoms with Crippen LogP contribution in [0.2, 0.25) is 0 Å². The Morgan fingerprint density at radius 2 is 2.19 bits per heavy atom. The van der Waals surface area contributed by atoms with Crippen LogP contribution in [0.1, 0.15) is 26.3 Å². The Labute approximate surface area is 98.9 Å². The average molecular weight is 221 g/mol. The van der Waals surface area contributed by atoms with E-state index in [9.17, 15) is 0 Å². The highest BCUT2D eigenvalue weighted by Gasteiger charge is 2.01. The molecule has 16 heavy (non-hydrogen) atoms. The molecule has 0 radical (unpaired) electrons. The second-order valence-corrected chi connectivity index (χ2v) is 4.56. The van der Waals surface area contributed by atoms with E-state index in [0.29, 0.717) is 5.92 Å². The van der Waals surface area contributed by atoms with E-state index in [1.807, 2.05) is 6.20 Å². The van der Waals surface area contributed by atoms with Crippen LogP contribution < -0.4 is 10.2 Å². The maximum Gasteiger partial charge on any atom is 0.128 e. The van der Waals surface area contributed by atoms with Gasteiger partial charge in [0.1, 0.15) is 5.82 Å². The number of hydrogen-bond donors (Lipinski definition) is 1. The highest BCUT2D eigenvalue weighted by Crippen LogP contribution is 2.10. The zero-order valence-electron chi connectivity index (χ0n) is 10.8. The van der Waals surface area contributed by atoms with Gasteiger partial charge in [-0.15, -0.1) is 0 Å². The molecule has 0 aliphatic heterocycles. The summed E-state index contributed by atoms with van der Waals surface area (Å²) in [5.74, 6) is 1.74. The maximum atomic E-state index is 4.35. The molecule has 1 rings (SSSR count). The van der Waals surface area contributed by atoms with E-state index in [0.717, 1.165) is 25.5 Å². The molecule has 0 aliphatic rings. The van der Waals surface area contributed by atoms with Crippen molar-refractivity contribution in [1.82, 2.24) is 10.3 Å². The summed E-state index contributed by atoms with van der Waals surface area (Å²) in [4.78, 5) is 6.50. The predicted octanol–water partition coefficient (Wildman–Crippen LogP) is 2.28. The fourth-order valence-electron chi connectivity index (χ4n) is 1.45. The van der Waals surface area contributed by atoms with Gasteiger partial charge in [-0.1, -0.05) is 13.8 Å². The maximum absolute atomic E-state index is 4.35. The van der Waals surface area contributed by atoms with E-state index in [4.69, 9.17) is 0 Å². The van der Waals surface area contributed by atoms with Crippen molar-refractivity contribution in [3.05, 3.63) is 23.9 Å². The lowest BCUT2D eigenvalue weighted by molar-refractivity contribution is 0.552. The fourth-order valence-corrected chi connectivity index (χ4v) is 1.45. The van der Waals surface area contributed by atoms with Crippen molar-refractivity contribution >= 4 is 5.82 Å². The van der Waals surface area contributed by atoms with E-state index in [1.165, 1.54) is 5.56 Å². The molecule has 1 aromatic heterocycles. The number of aromatic nitrogens is 1. The molecule has 0 bridgehead atoms. The average Bonchev–Trinajstić information content (AvgIpc) is 2.28. The Morgan fingerprint density at radius 3 is 2.81 bits per heavy atom. The number of nitrogens with one attached hydrogen (secondary N) is 1. The molecule has 0 spiro atoms. The fraction of sp³-hybridized carbons (Fsp3) is 0.615. The molecule has 90 valence electrons. The van der Waals surface area contributed by atoms with Crippen molar-refractivity contribution in [2.45, 2.75) is 27.3 Å². The molecule has 0 aliphatic carbocycles. The van der Waals surface area contributed by atoms with Gasteiger partial charge < -0.3 is 10.2 Å². The van der Waals surface area contributed by atoms with E-state index in [2.05, 4.69) is 55.2 Å². The van der Waals surface area contributed by atoms with Gasteiger partial charge >= 0.3 is 0 Å². The largest absolute Gasteiger partial charge is 0.360 e. The smallest absolute Gasteiger partial charge is 0.128 e. The first-order chi connectivity index (χ1) is 7.63. The van der Waals surface area contributed by atoms with Gasteiger partial charge in [0, 0.05) is 26.3 Å². The number of rotatable bonds is 6. The Balaban J connectivity index is 2.54. The van der Waals surface area contributed by atoms with Gasteiger partial charge in [0.25, 0.3) is 0 Å². The van der Waals surface area contributed by atoms with Crippen molar-refractivity contribution < 1.29 is 0 Å². The summed E-state index contributed by atoms with van der Waals surface area (Å²) in [6.45, 7) is 9.53. The molecule has 3 heteroatoms. The van der Waals surface area contributed by atoms with E-state index in [1.54, 1.807) is 0 Å². The van der Waals surface area contributed by atoms with E-state index >= 15 is 0 Å². The van der Waals surface area contributed by atoms with Crippen molar-refractivity contribution in [1.29, 1.82) is 0 Å². The summed E-state index contributed by atoms with van der Waals surface area (Å²) >= 11 is 0. The van der Waals surface area contributed by atoms with Crippen LogP contribution in [0.25, 0.3) is 0 Å². The first-order valence-electron chi connectivity index (χ1n) is 6.00. The summed E-state index contributed by atoms with van der Waals surface area (Å²) in [6.07, 6.45) is 1.88. The van der Waals surface area contributed by atoms with Crippen molar-refractivity contribution in [2.24, 2.45) is 5.92 Å². The normalized spacial score (nSPS) is 10.8. The quantitative estimate of drug-likeness (QED) is 0.799. The van der Waals surface area contributed by atoms with Gasteiger partial charge in [0.2, 0.25) is 0 Å². The lowest BCUT2D eigenvalue weighted by atomic mass is 10.2. The van der Waals surface area contributed by atoms with Crippen molar-refractivity contribution in [2.75, 3.05) is 25.0 Å². The molecule has 3 nitrogen and oxygen atoms in total. The number of nitrogens with zero attached hydrogens (tertiary/aromatic N) is 2. The van der Waals surface area contributed by atoms with Crippen LogP contribution in [0.5, 0.6) is 0 Å².